The van der Waals surface area contributed by atoms with Gasteiger partial charge in [-0.05, 0) is 19.1 Å². The Kier molecular flexibility index (Phi) is 3.78. The summed E-state index contributed by atoms with van der Waals surface area (Å²) in [6, 6.07) is 9.26. The first-order valence-corrected chi connectivity index (χ1v) is 5.73. The highest BCUT2D eigenvalue weighted by Crippen LogP contribution is 2.27. The molecule has 19 heavy (non-hydrogen) atoms. The number of nitriles is 1. The number of anilines is 1. The maximum Gasteiger partial charge on any atom is 0.412 e. The number of alkyl carbamates (subject to hydrolysis) is 1. The zero-order valence-electron chi connectivity index (χ0n) is 10.3. The van der Waals surface area contributed by atoms with Crippen molar-refractivity contribution in [2.24, 2.45) is 4.99 Å². The molecule has 2 N–H and O–H groups in total. The normalized spacial score (nSPS) is 12.8. The third-order valence-electron chi connectivity index (χ3n) is 2.39. The monoisotopic (exact) mass is 256 g/mol. The van der Waals surface area contributed by atoms with Crippen molar-refractivity contribution in [1.29, 1.82) is 5.26 Å². The highest BCUT2D eigenvalue weighted by atomic mass is 16.5. The van der Waals surface area contributed by atoms with E-state index in [1.165, 1.54) is 6.21 Å². The smallest absolute Gasteiger partial charge is 0.412 e. The number of para-hydroxylation sites is 2. The predicted molar refractivity (Wildman–Crippen MR) is 71.0 cm³/mol. The Morgan fingerprint density at radius 1 is 1.53 bits per heavy atom. The minimum absolute atomic E-state index is 0.226. The third kappa shape index (κ3) is 2.90. The summed E-state index contributed by atoms with van der Waals surface area (Å²) in [5, 5.41) is 14.5. The second kappa shape index (κ2) is 5.69. The minimum Gasteiger partial charge on any atom is -0.450 e. The van der Waals surface area contributed by atoms with Crippen molar-refractivity contribution in [2.75, 3.05) is 11.9 Å². The number of rotatable bonds is 2. The van der Waals surface area contributed by atoms with Crippen molar-refractivity contribution in [3.8, 4) is 6.07 Å². The number of fused-ring (bicyclic) bond motifs is 1. The molecule has 0 atom stereocenters. The lowest BCUT2D eigenvalue weighted by Crippen LogP contribution is -2.28. The van der Waals surface area contributed by atoms with E-state index < -0.39 is 6.09 Å². The number of carbonyl (C=O) groups is 1. The molecule has 0 saturated carbocycles. The summed E-state index contributed by atoms with van der Waals surface area (Å²) in [5.74, 6) is 0.259. The molecule has 1 aromatic carbocycles. The molecule has 1 amide bonds. The molecule has 0 saturated heterocycles. The Labute approximate surface area is 110 Å². The molecule has 1 aliphatic heterocycles. The van der Waals surface area contributed by atoms with E-state index in [4.69, 9.17) is 10.00 Å². The van der Waals surface area contributed by atoms with E-state index in [0.29, 0.717) is 11.4 Å². The van der Waals surface area contributed by atoms with Gasteiger partial charge < -0.3 is 10.1 Å². The van der Waals surface area contributed by atoms with Crippen molar-refractivity contribution < 1.29 is 9.53 Å². The second-order valence-electron chi connectivity index (χ2n) is 3.65. The standard InChI is InChI=1S/C13H12N4O2/c1-2-19-13(18)17-12-9(7-14)8-15-10-5-3-4-6-11(10)16-12/h3-6,8,16H,2H2,1H3,(H,17,18). The van der Waals surface area contributed by atoms with Gasteiger partial charge in [0.05, 0.1) is 18.0 Å². The average Bonchev–Trinajstić information content (AvgIpc) is 2.57. The van der Waals surface area contributed by atoms with Crippen molar-refractivity contribution in [3.05, 3.63) is 35.7 Å². The van der Waals surface area contributed by atoms with Crippen molar-refractivity contribution >= 4 is 23.7 Å². The van der Waals surface area contributed by atoms with Gasteiger partial charge in [-0.1, -0.05) is 12.1 Å². The highest BCUT2D eigenvalue weighted by molar-refractivity contribution is 5.92. The van der Waals surface area contributed by atoms with Gasteiger partial charge in [0, 0.05) is 6.21 Å². The number of amides is 1. The van der Waals surface area contributed by atoms with Crippen molar-refractivity contribution in [3.63, 3.8) is 0 Å². The molecule has 0 spiro atoms. The van der Waals surface area contributed by atoms with Crippen LogP contribution in [0.25, 0.3) is 0 Å². The Balaban J connectivity index is 2.30. The molecule has 0 aromatic heterocycles. The van der Waals surface area contributed by atoms with E-state index >= 15 is 0 Å². The number of hydrogen-bond donors (Lipinski definition) is 2. The van der Waals surface area contributed by atoms with Crippen molar-refractivity contribution in [1.82, 2.24) is 5.32 Å². The van der Waals surface area contributed by atoms with Gasteiger partial charge in [-0.15, -0.1) is 0 Å². The van der Waals surface area contributed by atoms with Gasteiger partial charge in [0.1, 0.15) is 17.5 Å². The number of benzene rings is 1. The molecule has 1 aliphatic rings. The van der Waals surface area contributed by atoms with Gasteiger partial charge in [0.15, 0.2) is 0 Å². The SMILES string of the molecule is CCOC(=O)NC1=C(C#N)C=Nc2ccccc2N1. The number of nitrogens with one attached hydrogen (secondary N) is 2. The van der Waals surface area contributed by atoms with E-state index in [-0.39, 0.29) is 18.0 Å². The van der Waals surface area contributed by atoms with Crippen LogP contribution in [0.1, 0.15) is 6.92 Å². The van der Waals surface area contributed by atoms with Gasteiger partial charge in [0.25, 0.3) is 0 Å². The Morgan fingerprint density at radius 2 is 2.32 bits per heavy atom. The maximum atomic E-state index is 11.4. The van der Waals surface area contributed by atoms with Crippen LogP contribution >= 0.6 is 0 Å². The summed E-state index contributed by atoms with van der Waals surface area (Å²) >= 11 is 0. The summed E-state index contributed by atoms with van der Waals surface area (Å²) in [7, 11) is 0. The van der Waals surface area contributed by atoms with E-state index in [2.05, 4.69) is 15.6 Å². The van der Waals surface area contributed by atoms with E-state index in [9.17, 15) is 4.79 Å². The quantitative estimate of drug-likeness (QED) is 0.850. The fourth-order valence-electron chi connectivity index (χ4n) is 1.55. The molecule has 6 nitrogen and oxygen atoms in total. The van der Waals surface area contributed by atoms with Crippen LogP contribution in [-0.2, 0) is 4.74 Å². The van der Waals surface area contributed by atoms with Gasteiger partial charge in [-0.3, -0.25) is 10.3 Å². The zero-order chi connectivity index (χ0) is 13.7. The number of allylic oxidation sites excluding steroid dienone is 1. The number of nitrogens with zero attached hydrogens (tertiary/aromatic N) is 2. The highest BCUT2D eigenvalue weighted by Gasteiger charge is 2.14. The van der Waals surface area contributed by atoms with Crippen LogP contribution in [0.4, 0.5) is 16.2 Å². The Bertz CT molecular complexity index is 599. The lowest BCUT2D eigenvalue weighted by atomic mass is 10.2. The van der Waals surface area contributed by atoms with E-state index in [1.54, 1.807) is 19.1 Å². The lowest BCUT2D eigenvalue weighted by Gasteiger charge is -2.12. The molecule has 1 heterocycles. The van der Waals surface area contributed by atoms with Crippen LogP contribution < -0.4 is 10.6 Å². The molecule has 96 valence electrons. The van der Waals surface area contributed by atoms with Crippen LogP contribution in [0, 0.1) is 11.3 Å². The zero-order valence-corrected chi connectivity index (χ0v) is 10.3. The summed E-state index contributed by atoms with van der Waals surface area (Å²) in [6.07, 6.45) is 0.783. The fraction of sp³-hybridized carbons (Fsp3) is 0.154. The first-order chi connectivity index (χ1) is 9.24. The summed E-state index contributed by atoms with van der Waals surface area (Å²) in [4.78, 5) is 15.6. The molecule has 2 rings (SSSR count). The molecular weight excluding hydrogens is 244 g/mol. The first-order valence-electron chi connectivity index (χ1n) is 5.73. The summed E-state index contributed by atoms with van der Waals surface area (Å²) in [5.41, 5.74) is 1.62. The summed E-state index contributed by atoms with van der Waals surface area (Å²) in [6.45, 7) is 1.96. The fourth-order valence-corrected chi connectivity index (χ4v) is 1.55. The van der Waals surface area contributed by atoms with Crippen molar-refractivity contribution in [2.45, 2.75) is 6.92 Å². The Hall–Kier alpha value is -2.81. The Morgan fingerprint density at radius 3 is 3.05 bits per heavy atom. The molecule has 6 heteroatoms. The molecule has 0 fully saturated rings. The van der Waals surface area contributed by atoms with E-state index in [1.807, 2.05) is 18.2 Å². The first kappa shape index (κ1) is 12.6. The number of ether oxygens (including phenoxy) is 1. The number of hydrogen-bond acceptors (Lipinski definition) is 5. The maximum absolute atomic E-state index is 11.4. The van der Waals surface area contributed by atoms with Gasteiger partial charge in [-0.25, -0.2) is 4.79 Å². The van der Waals surface area contributed by atoms with Crippen LogP contribution in [0.15, 0.2) is 40.7 Å². The van der Waals surface area contributed by atoms with Crippen LogP contribution in [0.2, 0.25) is 0 Å². The van der Waals surface area contributed by atoms with E-state index in [0.717, 1.165) is 0 Å². The van der Waals surface area contributed by atoms with Gasteiger partial charge >= 0.3 is 6.09 Å². The van der Waals surface area contributed by atoms with Gasteiger partial charge in [0.2, 0.25) is 0 Å². The number of carbonyl (C=O) groups excluding carboxylic acids is 1. The molecule has 0 bridgehead atoms. The molecule has 0 radical (unpaired) electrons. The molecule has 1 aromatic rings. The van der Waals surface area contributed by atoms with Crippen LogP contribution in [0.5, 0.6) is 0 Å². The second-order valence-corrected chi connectivity index (χ2v) is 3.65. The average molecular weight is 256 g/mol. The summed E-state index contributed by atoms with van der Waals surface area (Å²) < 4.78 is 4.79. The molecular formula is C13H12N4O2. The predicted octanol–water partition coefficient (Wildman–Crippen LogP) is 2.30. The van der Waals surface area contributed by atoms with Crippen LogP contribution in [-0.4, -0.2) is 18.9 Å². The molecule has 0 unspecified atom stereocenters. The van der Waals surface area contributed by atoms with Crippen LogP contribution in [0.3, 0.4) is 0 Å². The minimum atomic E-state index is -0.620. The molecule has 0 aliphatic carbocycles. The third-order valence-corrected chi connectivity index (χ3v) is 2.39. The topological polar surface area (TPSA) is 86.5 Å². The number of aliphatic imine (C=N–C) groups is 1. The van der Waals surface area contributed by atoms with Gasteiger partial charge in [-0.2, -0.15) is 5.26 Å². The lowest BCUT2D eigenvalue weighted by molar-refractivity contribution is 0.155. The largest absolute Gasteiger partial charge is 0.450 e.